The summed E-state index contributed by atoms with van der Waals surface area (Å²) >= 11 is 0. The van der Waals surface area contributed by atoms with Gasteiger partial charge in [0.2, 0.25) is 5.78 Å². The lowest BCUT2D eigenvalue weighted by atomic mass is 10.0. The Morgan fingerprint density at radius 1 is 0.585 bits per heavy atom. The molecule has 6 nitrogen and oxygen atoms in total. The van der Waals surface area contributed by atoms with Crippen molar-refractivity contribution in [1.82, 2.24) is 4.57 Å². The Bertz CT molecular complexity index is 1960. The van der Waals surface area contributed by atoms with E-state index in [1.807, 2.05) is 91.0 Å². The number of Topliss-reactive ketones (excluding diaryl/α,β-unsaturated/α-hetero) is 1. The predicted octanol–water partition coefficient (Wildman–Crippen LogP) is 7.43. The molecule has 0 aliphatic heterocycles. The molecule has 0 aliphatic carbocycles. The number of aromatic nitrogens is 1. The molecule has 0 atom stereocenters. The summed E-state index contributed by atoms with van der Waals surface area (Å²) in [5.41, 5.74) is 4.87. The number of carbonyl (C=O) groups is 3. The maximum Gasteiger partial charge on any atom is 0.365 e. The van der Waals surface area contributed by atoms with Crippen LogP contribution >= 0.6 is 0 Å². The summed E-state index contributed by atoms with van der Waals surface area (Å²) in [6, 6.07) is 38.6. The fraction of sp³-hybridized carbons (Fsp3) is 0.0286. The van der Waals surface area contributed by atoms with Crippen LogP contribution < -0.4 is 0 Å². The average Bonchev–Trinajstić information content (AvgIpc) is 3.37. The molecule has 0 N–H and O–H groups in total. The molecule has 6 heteroatoms. The molecular formula is C35H24N2O4. The van der Waals surface area contributed by atoms with Gasteiger partial charge in [0.15, 0.2) is 5.78 Å². The fourth-order valence-corrected chi connectivity index (χ4v) is 4.90. The number of rotatable bonds is 7. The summed E-state index contributed by atoms with van der Waals surface area (Å²) in [5.74, 6) is -1.00. The van der Waals surface area contributed by atoms with Gasteiger partial charge in [-0.15, -0.1) is 0 Å². The molecule has 0 amide bonds. The van der Waals surface area contributed by atoms with Crippen LogP contribution in [0.3, 0.4) is 0 Å². The zero-order valence-electron chi connectivity index (χ0n) is 22.2. The third-order valence-electron chi connectivity index (χ3n) is 6.96. The van der Waals surface area contributed by atoms with Crippen LogP contribution in [-0.2, 0) is 4.84 Å². The minimum atomic E-state index is -0.632. The third-order valence-corrected chi connectivity index (χ3v) is 6.96. The van der Waals surface area contributed by atoms with Crippen LogP contribution in [0.15, 0.2) is 133 Å². The van der Waals surface area contributed by atoms with Crippen molar-refractivity contribution in [3.8, 4) is 5.69 Å². The maximum absolute atomic E-state index is 13.2. The van der Waals surface area contributed by atoms with E-state index in [-0.39, 0.29) is 17.3 Å². The number of para-hydroxylation sites is 1. The lowest BCUT2D eigenvalue weighted by molar-refractivity contribution is 0.0515. The molecule has 0 spiro atoms. The standard InChI is InChI=1S/C35H24N2O4/c1-23(36-41-35(40)26-12-6-3-7-13-26)33(38)27-18-21-32-30(22-27)29-14-8-9-15-31(29)37(32)28-19-16-25(17-20-28)34(39)24-10-4-2-5-11-24/h2-22H,1H3. The topological polar surface area (TPSA) is 77.7 Å². The van der Waals surface area contributed by atoms with Gasteiger partial charge >= 0.3 is 5.97 Å². The SMILES string of the molecule is CC(=NOC(=O)c1ccccc1)C(=O)c1ccc2c(c1)c1ccccc1n2-c1ccc(C(=O)c2ccccc2)cc1. The Morgan fingerprint density at radius 3 is 1.85 bits per heavy atom. The van der Waals surface area contributed by atoms with Gasteiger partial charge in [0.25, 0.3) is 0 Å². The van der Waals surface area contributed by atoms with E-state index in [0.717, 1.165) is 27.5 Å². The Hall–Kier alpha value is -5.62. The van der Waals surface area contributed by atoms with Crippen molar-refractivity contribution in [2.75, 3.05) is 0 Å². The largest absolute Gasteiger partial charge is 0.365 e. The van der Waals surface area contributed by atoms with Gasteiger partial charge in [0.05, 0.1) is 16.6 Å². The normalized spacial score (nSPS) is 11.5. The van der Waals surface area contributed by atoms with E-state index in [2.05, 4.69) is 9.72 Å². The first-order chi connectivity index (χ1) is 20.0. The first kappa shape index (κ1) is 25.6. The predicted molar refractivity (Wildman–Crippen MR) is 160 cm³/mol. The molecule has 1 heterocycles. The average molecular weight is 537 g/mol. The Kier molecular flexibility index (Phi) is 6.80. The van der Waals surface area contributed by atoms with E-state index in [4.69, 9.17) is 4.84 Å². The highest BCUT2D eigenvalue weighted by atomic mass is 16.7. The van der Waals surface area contributed by atoms with Crippen LogP contribution in [0.5, 0.6) is 0 Å². The molecule has 0 radical (unpaired) electrons. The summed E-state index contributed by atoms with van der Waals surface area (Å²) in [6.07, 6.45) is 0. The summed E-state index contributed by atoms with van der Waals surface area (Å²) < 4.78 is 2.11. The van der Waals surface area contributed by atoms with Gasteiger partial charge in [-0.3, -0.25) is 9.59 Å². The molecule has 6 rings (SSSR count). The first-order valence-electron chi connectivity index (χ1n) is 13.1. The second kappa shape index (κ2) is 10.9. The highest BCUT2D eigenvalue weighted by molar-refractivity contribution is 6.45. The Labute approximate surface area is 236 Å². The lowest BCUT2D eigenvalue weighted by Crippen LogP contribution is -2.12. The van der Waals surface area contributed by atoms with E-state index in [9.17, 15) is 14.4 Å². The minimum absolute atomic E-state index is 0.0333. The number of hydrogen-bond donors (Lipinski definition) is 0. The van der Waals surface area contributed by atoms with Crippen LogP contribution in [0, 0.1) is 0 Å². The van der Waals surface area contributed by atoms with E-state index in [0.29, 0.717) is 22.3 Å². The number of carbonyl (C=O) groups excluding carboxylic acids is 3. The number of fused-ring (bicyclic) bond motifs is 3. The molecule has 6 aromatic rings. The molecule has 0 unspecified atom stereocenters. The number of nitrogens with zero attached hydrogens (tertiary/aromatic N) is 2. The number of benzene rings is 5. The Morgan fingerprint density at radius 2 is 1.15 bits per heavy atom. The highest BCUT2D eigenvalue weighted by Gasteiger charge is 2.18. The summed E-state index contributed by atoms with van der Waals surface area (Å²) in [6.45, 7) is 1.52. The lowest BCUT2D eigenvalue weighted by Gasteiger charge is -2.09. The van der Waals surface area contributed by atoms with Crippen LogP contribution in [0.25, 0.3) is 27.5 Å². The van der Waals surface area contributed by atoms with Crippen molar-refractivity contribution in [1.29, 1.82) is 0 Å². The monoisotopic (exact) mass is 536 g/mol. The van der Waals surface area contributed by atoms with Gasteiger partial charge in [-0.05, 0) is 67.6 Å². The van der Waals surface area contributed by atoms with Gasteiger partial charge in [-0.25, -0.2) is 4.79 Å². The molecule has 198 valence electrons. The minimum Gasteiger partial charge on any atom is -0.312 e. The third kappa shape index (κ3) is 4.94. The summed E-state index contributed by atoms with van der Waals surface area (Å²) in [5, 5.41) is 5.67. The van der Waals surface area contributed by atoms with Crippen LogP contribution in [-0.4, -0.2) is 27.8 Å². The van der Waals surface area contributed by atoms with Gasteiger partial charge in [0, 0.05) is 33.2 Å². The van der Waals surface area contributed by atoms with Gasteiger partial charge < -0.3 is 9.40 Å². The van der Waals surface area contributed by atoms with Crippen molar-refractivity contribution >= 4 is 45.1 Å². The fourth-order valence-electron chi connectivity index (χ4n) is 4.90. The molecule has 41 heavy (non-hydrogen) atoms. The van der Waals surface area contributed by atoms with Crippen molar-refractivity contribution in [3.63, 3.8) is 0 Å². The molecule has 0 fully saturated rings. The van der Waals surface area contributed by atoms with E-state index >= 15 is 0 Å². The molecule has 0 saturated heterocycles. The highest BCUT2D eigenvalue weighted by Crippen LogP contribution is 2.33. The Balaban J connectivity index is 1.33. The van der Waals surface area contributed by atoms with Crippen LogP contribution in [0.1, 0.15) is 43.6 Å². The van der Waals surface area contributed by atoms with Crippen molar-refractivity contribution < 1.29 is 19.2 Å². The van der Waals surface area contributed by atoms with Gasteiger partial charge in [-0.2, -0.15) is 0 Å². The van der Waals surface area contributed by atoms with Crippen molar-refractivity contribution in [3.05, 3.63) is 150 Å². The maximum atomic E-state index is 13.2. The second-order valence-electron chi connectivity index (χ2n) is 9.58. The molecule has 0 saturated carbocycles. The summed E-state index contributed by atoms with van der Waals surface area (Å²) in [4.78, 5) is 43.4. The van der Waals surface area contributed by atoms with Crippen molar-refractivity contribution in [2.45, 2.75) is 6.92 Å². The molecule has 1 aromatic heterocycles. The van der Waals surface area contributed by atoms with E-state index in [1.54, 1.807) is 36.4 Å². The zero-order chi connectivity index (χ0) is 28.3. The van der Waals surface area contributed by atoms with E-state index in [1.165, 1.54) is 6.92 Å². The molecule has 5 aromatic carbocycles. The van der Waals surface area contributed by atoms with Gasteiger partial charge in [-0.1, -0.05) is 71.9 Å². The van der Waals surface area contributed by atoms with Crippen LogP contribution in [0.4, 0.5) is 0 Å². The quantitative estimate of drug-likeness (QED) is 0.0920. The number of oxime groups is 1. The molecule has 0 aliphatic rings. The zero-order valence-corrected chi connectivity index (χ0v) is 22.2. The van der Waals surface area contributed by atoms with E-state index < -0.39 is 5.97 Å². The van der Waals surface area contributed by atoms with Gasteiger partial charge in [0.1, 0.15) is 5.71 Å². The second-order valence-corrected chi connectivity index (χ2v) is 9.58. The summed E-state index contributed by atoms with van der Waals surface area (Å²) in [7, 11) is 0. The van der Waals surface area contributed by atoms with Crippen LogP contribution in [0.2, 0.25) is 0 Å². The first-order valence-corrected chi connectivity index (χ1v) is 13.1. The molecular weight excluding hydrogens is 512 g/mol. The van der Waals surface area contributed by atoms with Crippen molar-refractivity contribution in [2.24, 2.45) is 5.16 Å². The number of ketones is 2. The number of hydrogen-bond acceptors (Lipinski definition) is 5. The smallest absolute Gasteiger partial charge is 0.312 e. The molecule has 0 bridgehead atoms.